The van der Waals surface area contributed by atoms with Gasteiger partial charge in [-0.25, -0.2) is 0 Å². The quantitative estimate of drug-likeness (QED) is 0.730. The van der Waals surface area contributed by atoms with Crippen LogP contribution in [-0.2, 0) is 0 Å². The molecule has 1 heterocycles. The van der Waals surface area contributed by atoms with Crippen molar-refractivity contribution in [2.45, 2.75) is 53.5 Å². The zero-order valence-electron chi connectivity index (χ0n) is 13.8. The number of hydrogen-bond donors (Lipinski definition) is 1. The summed E-state index contributed by atoms with van der Waals surface area (Å²) >= 11 is 0. The van der Waals surface area contributed by atoms with Gasteiger partial charge in [0, 0.05) is 45.3 Å². The minimum absolute atomic E-state index is 0.424. The van der Waals surface area contributed by atoms with Gasteiger partial charge in [-0.15, -0.1) is 0 Å². The van der Waals surface area contributed by atoms with Crippen LogP contribution in [0, 0.1) is 5.41 Å². The van der Waals surface area contributed by atoms with E-state index in [9.17, 15) is 0 Å². The van der Waals surface area contributed by atoms with E-state index in [2.05, 4.69) is 49.7 Å². The number of rotatable bonds is 8. The molecule has 3 nitrogen and oxygen atoms in total. The topological polar surface area (TPSA) is 18.5 Å². The highest BCUT2D eigenvalue weighted by Crippen LogP contribution is 2.24. The molecule has 0 spiro atoms. The van der Waals surface area contributed by atoms with E-state index in [0.717, 1.165) is 6.54 Å². The second kappa shape index (κ2) is 8.23. The molecular formula is C16H35N3. The van der Waals surface area contributed by atoms with Crippen molar-refractivity contribution in [2.24, 2.45) is 5.41 Å². The fraction of sp³-hybridized carbons (Fsp3) is 1.00. The Labute approximate surface area is 120 Å². The molecule has 1 fully saturated rings. The van der Waals surface area contributed by atoms with E-state index < -0.39 is 0 Å². The van der Waals surface area contributed by atoms with Gasteiger partial charge in [-0.2, -0.15) is 0 Å². The Bertz CT molecular complexity index is 234. The van der Waals surface area contributed by atoms with Crippen LogP contribution in [0.4, 0.5) is 0 Å². The molecule has 0 saturated carbocycles. The van der Waals surface area contributed by atoms with E-state index in [1.807, 2.05) is 0 Å². The largest absolute Gasteiger partial charge is 0.314 e. The van der Waals surface area contributed by atoms with Crippen molar-refractivity contribution in [3.05, 3.63) is 0 Å². The lowest BCUT2D eigenvalue weighted by Crippen LogP contribution is -2.51. The Morgan fingerprint density at radius 2 is 1.63 bits per heavy atom. The number of nitrogens with one attached hydrogen (secondary N) is 1. The molecule has 1 N–H and O–H groups in total. The molecule has 1 aliphatic heterocycles. The number of piperazine rings is 1. The predicted octanol–water partition coefficient (Wildman–Crippen LogP) is 2.43. The Balaban J connectivity index is 2.44. The van der Waals surface area contributed by atoms with Gasteiger partial charge in [0.1, 0.15) is 0 Å². The van der Waals surface area contributed by atoms with Crippen LogP contribution in [-0.4, -0.2) is 61.7 Å². The summed E-state index contributed by atoms with van der Waals surface area (Å²) in [6.07, 6.45) is 2.60. The summed E-state index contributed by atoms with van der Waals surface area (Å²) in [7, 11) is 0. The van der Waals surface area contributed by atoms with Crippen molar-refractivity contribution in [1.82, 2.24) is 15.1 Å². The van der Waals surface area contributed by atoms with E-state index >= 15 is 0 Å². The molecule has 1 rings (SSSR count). The van der Waals surface area contributed by atoms with Crippen molar-refractivity contribution in [3.8, 4) is 0 Å². The number of likely N-dealkylation sites (N-methyl/N-ethyl adjacent to an activating group) is 1. The smallest absolute Gasteiger partial charge is 0.0110 e. The van der Waals surface area contributed by atoms with Gasteiger partial charge >= 0.3 is 0 Å². The van der Waals surface area contributed by atoms with E-state index in [0.29, 0.717) is 11.5 Å². The van der Waals surface area contributed by atoms with Crippen LogP contribution in [0.15, 0.2) is 0 Å². The van der Waals surface area contributed by atoms with Crippen LogP contribution in [0.1, 0.15) is 47.5 Å². The van der Waals surface area contributed by atoms with Crippen molar-refractivity contribution in [3.63, 3.8) is 0 Å². The van der Waals surface area contributed by atoms with Crippen LogP contribution in [0.3, 0.4) is 0 Å². The molecule has 0 aromatic heterocycles. The van der Waals surface area contributed by atoms with Crippen LogP contribution in [0.25, 0.3) is 0 Å². The maximum Gasteiger partial charge on any atom is 0.0110 e. The average Bonchev–Trinajstić information content (AvgIpc) is 2.38. The molecule has 1 saturated heterocycles. The summed E-state index contributed by atoms with van der Waals surface area (Å²) in [5, 5.41) is 3.64. The van der Waals surface area contributed by atoms with Gasteiger partial charge in [-0.3, -0.25) is 0 Å². The van der Waals surface area contributed by atoms with E-state index in [4.69, 9.17) is 0 Å². The molecule has 0 aromatic carbocycles. The van der Waals surface area contributed by atoms with Gasteiger partial charge < -0.3 is 15.1 Å². The van der Waals surface area contributed by atoms with E-state index in [1.165, 1.54) is 52.1 Å². The zero-order chi connectivity index (χ0) is 14.3. The molecular weight excluding hydrogens is 234 g/mol. The minimum Gasteiger partial charge on any atom is -0.314 e. The monoisotopic (exact) mass is 269 g/mol. The van der Waals surface area contributed by atoms with Crippen LogP contribution >= 0.6 is 0 Å². The highest BCUT2D eigenvalue weighted by molar-refractivity contribution is 4.83. The zero-order valence-corrected chi connectivity index (χ0v) is 13.8. The van der Waals surface area contributed by atoms with Crippen molar-refractivity contribution in [1.29, 1.82) is 0 Å². The van der Waals surface area contributed by atoms with Crippen molar-refractivity contribution < 1.29 is 0 Å². The Morgan fingerprint density at radius 1 is 1.05 bits per heavy atom. The van der Waals surface area contributed by atoms with Gasteiger partial charge in [0.15, 0.2) is 0 Å². The molecule has 1 aliphatic rings. The summed E-state index contributed by atoms with van der Waals surface area (Å²) in [6, 6.07) is 0.591. The van der Waals surface area contributed by atoms with Gasteiger partial charge in [0.2, 0.25) is 0 Å². The molecule has 0 bridgehead atoms. The molecule has 1 atom stereocenters. The highest BCUT2D eigenvalue weighted by atomic mass is 15.3. The first-order valence-electron chi connectivity index (χ1n) is 8.17. The molecule has 114 valence electrons. The maximum atomic E-state index is 3.64. The Kier molecular flexibility index (Phi) is 7.33. The van der Waals surface area contributed by atoms with E-state index in [1.54, 1.807) is 0 Å². The average molecular weight is 269 g/mol. The Hall–Kier alpha value is -0.120. The fourth-order valence-electron chi connectivity index (χ4n) is 3.08. The summed E-state index contributed by atoms with van der Waals surface area (Å²) < 4.78 is 0. The van der Waals surface area contributed by atoms with E-state index in [-0.39, 0.29) is 0 Å². The third-order valence-electron chi connectivity index (χ3n) is 4.31. The van der Waals surface area contributed by atoms with Crippen molar-refractivity contribution in [2.75, 3.05) is 45.8 Å². The Morgan fingerprint density at radius 3 is 2.11 bits per heavy atom. The fourth-order valence-corrected chi connectivity index (χ4v) is 3.08. The lowest BCUT2D eigenvalue weighted by atomic mass is 9.84. The predicted molar refractivity (Wildman–Crippen MR) is 84.7 cm³/mol. The normalized spacial score (nSPS) is 21.8. The van der Waals surface area contributed by atoms with Gasteiger partial charge in [0.25, 0.3) is 0 Å². The molecule has 0 aromatic rings. The van der Waals surface area contributed by atoms with Crippen LogP contribution < -0.4 is 5.32 Å². The maximum absolute atomic E-state index is 3.64. The lowest BCUT2D eigenvalue weighted by Gasteiger charge is -2.40. The SMILES string of the molecule is CCCC(C)(CNC(C)C)CN1CCN(CC)CC1. The third kappa shape index (κ3) is 6.24. The highest BCUT2D eigenvalue weighted by Gasteiger charge is 2.28. The number of nitrogens with zero attached hydrogens (tertiary/aromatic N) is 2. The summed E-state index contributed by atoms with van der Waals surface area (Å²) in [6.45, 7) is 20.1. The van der Waals surface area contributed by atoms with Crippen molar-refractivity contribution >= 4 is 0 Å². The van der Waals surface area contributed by atoms with Gasteiger partial charge in [0.05, 0.1) is 0 Å². The molecule has 3 heteroatoms. The molecule has 1 unspecified atom stereocenters. The van der Waals surface area contributed by atoms with Crippen LogP contribution in [0.5, 0.6) is 0 Å². The van der Waals surface area contributed by atoms with Crippen LogP contribution in [0.2, 0.25) is 0 Å². The van der Waals surface area contributed by atoms with Gasteiger partial charge in [-0.1, -0.05) is 41.0 Å². The summed E-state index contributed by atoms with van der Waals surface area (Å²) in [5.74, 6) is 0. The standard InChI is InChI=1S/C16H35N3/c1-6-8-16(5,13-17-15(3)4)14-19-11-9-18(7-2)10-12-19/h15,17H,6-14H2,1-5H3. The second-order valence-electron chi connectivity index (χ2n) is 6.81. The second-order valence-corrected chi connectivity index (χ2v) is 6.81. The van der Waals surface area contributed by atoms with Gasteiger partial charge in [-0.05, 0) is 18.4 Å². The molecule has 0 aliphatic carbocycles. The first-order chi connectivity index (χ1) is 8.99. The summed E-state index contributed by atoms with van der Waals surface area (Å²) in [5.41, 5.74) is 0.424. The lowest BCUT2D eigenvalue weighted by molar-refractivity contribution is 0.0874. The number of hydrogen-bond acceptors (Lipinski definition) is 3. The summed E-state index contributed by atoms with van der Waals surface area (Å²) in [4.78, 5) is 5.23. The molecule has 19 heavy (non-hydrogen) atoms. The minimum atomic E-state index is 0.424. The first kappa shape index (κ1) is 16.9. The first-order valence-corrected chi connectivity index (χ1v) is 8.17. The third-order valence-corrected chi connectivity index (χ3v) is 4.31. The molecule has 0 amide bonds. The molecule has 0 radical (unpaired) electrons.